The minimum atomic E-state index is -2.51. The van der Waals surface area contributed by atoms with E-state index in [1.54, 1.807) is 0 Å². The van der Waals surface area contributed by atoms with Crippen molar-refractivity contribution in [3.63, 3.8) is 0 Å². The highest BCUT2D eigenvalue weighted by molar-refractivity contribution is 6.79. The second-order valence-corrected chi connectivity index (χ2v) is 21.9. The lowest BCUT2D eigenvalue weighted by atomic mass is 9.75. The Morgan fingerprint density at radius 1 is 0.675 bits per heavy atom. The lowest BCUT2D eigenvalue weighted by molar-refractivity contribution is -0.158. The monoisotopic (exact) mass is 576 g/mol. The van der Waals surface area contributed by atoms with Crippen molar-refractivity contribution in [3.8, 4) is 0 Å². The molecule has 3 aliphatic carbocycles. The van der Waals surface area contributed by atoms with Crippen LogP contribution in [0.2, 0.25) is 16.1 Å². The van der Waals surface area contributed by atoms with Gasteiger partial charge in [-0.15, -0.1) is 0 Å². The zero-order valence-electron chi connectivity index (χ0n) is 28.7. The first-order chi connectivity index (χ1) is 18.6. The number of esters is 1. The van der Waals surface area contributed by atoms with Crippen LogP contribution in [0.15, 0.2) is 0 Å². The fourth-order valence-corrected chi connectivity index (χ4v) is 17.7. The highest BCUT2D eigenvalue weighted by Crippen LogP contribution is 2.64. The van der Waals surface area contributed by atoms with Gasteiger partial charge in [-0.2, -0.15) is 0 Å². The molecule has 40 heavy (non-hydrogen) atoms. The van der Waals surface area contributed by atoms with Crippen LogP contribution < -0.4 is 0 Å². The van der Waals surface area contributed by atoms with Crippen LogP contribution in [0, 0.1) is 53.3 Å². The summed E-state index contributed by atoms with van der Waals surface area (Å²) in [6.07, 6.45) is 11.3. The Balaban J connectivity index is 2.01. The molecule has 0 heterocycles. The van der Waals surface area contributed by atoms with Crippen molar-refractivity contribution in [1.29, 1.82) is 0 Å². The fourth-order valence-electron chi connectivity index (χ4n) is 9.84. The quantitative estimate of drug-likeness (QED) is 0.202. The van der Waals surface area contributed by atoms with Crippen molar-refractivity contribution >= 4 is 14.3 Å². The van der Waals surface area contributed by atoms with Gasteiger partial charge in [0.1, 0.15) is 12.7 Å². The molecule has 0 aromatic rings. The molecule has 4 heteroatoms. The average Bonchev–Trinajstić information content (AvgIpc) is 2.83. The summed E-state index contributed by atoms with van der Waals surface area (Å²) in [5.74, 6) is 5.69. The minimum Gasteiger partial charge on any atom is -0.460 e. The van der Waals surface area contributed by atoms with E-state index in [9.17, 15) is 4.79 Å². The summed E-state index contributed by atoms with van der Waals surface area (Å²) in [7, 11) is -2.51. The van der Waals surface area contributed by atoms with E-state index < -0.39 is 8.32 Å². The lowest BCUT2D eigenvalue weighted by Gasteiger charge is -2.59. The Morgan fingerprint density at radius 2 is 1.07 bits per heavy atom. The molecule has 0 aromatic carbocycles. The van der Waals surface area contributed by atoms with Crippen LogP contribution >= 0.6 is 0 Å². The molecule has 0 amide bonds. The molecule has 0 spiro atoms. The molecule has 3 saturated carbocycles. The van der Waals surface area contributed by atoms with Gasteiger partial charge >= 0.3 is 5.97 Å². The standard InChI is InChI=1S/C36H68O3Si/c1-23(2)29-16-13-26(7)19-32(29)39-35(37)22-38-40(36(10,11)12,33-20-27(8)14-17-30(33)24(3)4)34-21-28(9)15-18-31(34)25(5)6/h23-34H,13-22H2,1-12H3. The van der Waals surface area contributed by atoms with Crippen molar-refractivity contribution < 1.29 is 14.0 Å². The van der Waals surface area contributed by atoms with E-state index in [0.717, 1.165) is 18.3 Å². The smallest absolute Gasteiger partial charge is 0.331 e. The van der Waals surface area contributed by atoms with E-state index in [1.165, 1.54) is 51.4 Å². The predicted molar refractivity (Wildman–Crippen MR) is 173 cm³/mol. The Kier molecular flexibility index (Phi) is 11.9. The second kappa shape index (κ2) is 14.0. The van der Waals surface area contributed by atoms with E-state index in [1.807, 2.05) is 0 Å². The number of rotatable bonds is 9. The van der Waals surface area contributed by atoms with Gasteiger partial charge in [-0.25, -0.2) is 4.79 Å². The maximum absolute atomic E-state index is 13.8. The molecular weight excluding hydrogens is 508 g/mol. The molecule has 234 valence electrons. The van der Waals surface area contributed by atoms with Gasteiger partial charge in [0.05, 0.1) is 0 Å². The molecule has 3 rings (SSSR count). The third-order valence-electron chi connectivity index (χ3n) is 12.0. The Labute approximate surface area is 250 Å². The Bertz CT molecular complexity index is 766. The van der Waals surface area contributed by atoms with Crippen molar-refractivity contribution in [2.75, 3.05) is 6.61 Å². The molecule has 0 aliphatic heterocycles. The summed E-state index contributed by atoms with van der Waals surface area (Å²) < 4.78 is 13.9. The van der Waals surface area contributed by atoms with Gasteiger partial charge in [-0.1, -0.05) is 102 Å². The van der Waals surface area contributed by atoms with E-state index in [4.69, 9.17) is 9.16 Å². The van der Waals surface area contributed by atoms with E-state index in [2.05, 4.69) is 83.1 Å². The number of ether oxygens (including phenoxy) is 1. The highest BCUT2D eigenvalue weighted by Gasteiger charge is 2.62. The second-order valence-electron chi connectivity index (χ2n) is 17.1. The molecule has 3 aliphatic rings. The van der Waals surface area contributed by atoms with E-state index in [0.29, 0.717) is 52.5 Å². The van der Waals surface area contributed by atoms with Gasteiger partial charge in [0, 0.05) is 0 Å². The molecule has 9 unspecified atom stereocenters. The van der Waals surface area contributed by atoms with Crippen LogP contribution in [0.4, 0.5) is 0 Å². The normalized spacial score (nSPS) is 37.5. The first-order valence-corrected chi connectivity index (χ1v) is 19.5. The van der Waals surface area contributed by atoms with E-state index in [-0.39, 0.29) is 23.7 Å². The van der Waals surface area contributed by atoms with Gasteiger partial charge in [-0.3, -0.25) is 0 Å². The van der Waals surface area contributed by atoms with Crippen LogP contribution in [0.5, 0.6) is 0 Å². The van der Waals surface area contributed by atoms with Gasteiger partial charge in [0.25, 0.3) is 0 Å². The van der Waals surface area contributed by atoms with Crippen LogP contribution in [-0.2, 0) is 14.0 Å². The molecule has 3 nitrogen and oxygen atoms in total. The van der Waals surface area contributed by atoms with Crippen LogP contribution in [0.1, 0.15) is 141 Å². The molecule has 0 aromatic heterocycles. The Morgan fingerprint density at radius 3 is 1.48 bits per heavy atom. The van der Waals surface area contributed by atoms with Gasteiger partial charge in [-0.05, 0) is 108 Å². The third kappa shape index (κ3) is 7.58. The fraction of sp³-hybridized carbons (Fsp3) is 0.972. The molecule has 0 bridgehead atoms. The summed E-state index contributed by atoms with van der Waals surface area (Å²) in [5.41, 5.74) is 1.19. The van der Waals surface area contributed by atoms with Gasteiger partial charge in [0.2, 0.25) is 8.32 Å². The SMILES string of the molecule is CC1CCC(C(C)C)C(OC(=O)CO[Si](C2CC(C)CCC2C(C)C)(C2CC(C)CCC2C(C)C)C(C)(C)C)C1. The van der Waals surface area contributed by atoms with Crippen molar-refractivity contribution in [2.24, 2.45) is 53.3 Å². The van der Waals surface area contributed by atoms with Crippen molar-refractivity contribution in [3.05, 3.63) is 0 Å². The highest BCUT2D eigenvalue weighted by atomic mass is 28.4. The summed E-state index contributed by atoms with van der Waals surface area (Å²) in [6.45, 7) is 29.2. The van der Waals surface area contributed by atoms with Crippen molar-refractivity contribution in [2.45, 2.75) is 163 Å². The van der Waals surface area contributed by atoms with Gasteiger partial charge < -0.3 is 9.16 Å². The third-order valence-corrected chi connectivity index (χ3v) is 18.5. The summed E-state index contributed by atoms with van der Waals surface area (Å²) in [6, 6.07) is 0. The van der Waals surface area contributed by atoms with Crippen molar-refractivity contribution in [1.82, 2.24) is 0 Å². The number of carbonyl (C=O) groups excluding carboxylic acids is 1. The number of hydrogen-bond acceptors (Lipinski definition) is 3. The first kappa shape index (κ1) is 34.1. The maximum atomic E-state index is 13.8. The number of carbonyl (C=O) groups is 1. The van der Waals surface area contributed by atoms with Crippen LogP contribution in [-0.4, -0.2) is 27.0 Å². The molecule has 0 radical (unpaired) electrons. The average molecular weight is 577 g/mol. The summed E-state index contributed by atoms with van der Waals surface area (Å²) >= 11 is 0. The predicted octanol–water partition coefficient (Wildman–Crippen LogP) is 10.7. The van der Waals surface area contributed by atoms with Crippen LogP contribution in [0.25, 0.3) is 0 Å². The summed E-state index contributed by atoms with van der Waals surface area (Å²) in [4.78, 5) is 13.8. The van der Waals surface area contributed by atoms with Crippen LogP contribution in [0.3, 0.4) is 0 Å². The summed E-state index contributed by atoms with van der Waals surface area (Å²) in [5, 5.41) is 0.0524. The first-order valence-electron chi connectivity index (χ1n) is 17.4. The topological polar surface area (TPSA) is 35.5 Å². The molecule has 9 atom stereocenters. The largest absolute Gasteiger partial charge is 0.460 e. The minimum absolute atomic E-state index is 0.0433. The molecule has 3 fully saturated rings. The molecule has 0 N–H and O–H groups in total. The van der Waals surface area contributed by atoms with Gasteiger partial charge in [0.15, 0.2) is 0 Å². The Hall–Kier alpha value is -0.353. The number of hydrogen-bond donors (Lipinski definition) is 0. The molecule has 0 saturated heterocycles. The van der Waals surface area contributed by atoms with E-state index >= 15 is 0 Å². The lowest BCUT2D eigenvalue weighted by Crippen LogP contribution is -2.61. The maximum Gasteiger partial charge on any atom is 0.331 e. The zero-order chi connectivity index (χ0) is 30.0. The zero-order valence-corrected chi connectivity index (χ0v) is 29.7. The molecular formula is C36H68O3Si.